The van der Waals surface area contributed by atoms with E-state index in [1.807, 2.05) is 30.9 Å². The summed E-state index contributed by atoms with van der Waals surface area (Å²) < 4.78 is 5.47. The fourth-order valence-electron chi connectivity index (χ4n) is 4.42. The van der Waals surface area contributed by atoms with Crippen LogP contribution in [0.25, 0.3) is 0 Å². The third-order valence-corrected chi connectivity index (χ3v) is 6.90. The Morgan fingerprint density at radius 1 is 1.22 bits per heavy atom. The minimum Gasteiger partial charge on any atom is -0.381 e. The summed E-state index contributed by atoms with van der Waals surface area (Å²) in [7, 11) is 0. The number of amides is 2. The van der Waals surface area contributed by atoms with Gasteiger partial charge in [0.25, 0.3) is 5.91 Å². The van der Waals surface area contributed by atoms with Gasteiger partial charge in [-0.1, -0.05) is 11.6 Å². The first-order valence-corrected chi connectivity index (χ1v) is 10.2. The van der Waals surface area contributed by atoms with Crippen LogP contribution in [0.2, 0.25) is 5.02 Å². The van der Waals surface area contributed by atoms with Crippen LogP contribution in [0.15, 0.2) is 12.1 Å². The van der Waals surface area contributed by atoms with Crippen molar-refractivity contribution in [1.82, 2.24) is 10.2 Å². The summed E-state index contributed by atoms with van der Waals surface area (Å²) in [5, 5.41) is 3.71. The van der Waals surface area contributed by atoms with E-state index in [1.54, 1.807) is 0 Å². The molecule has 1 N–H and O–H groups in total. The third-order valence-electron chi connectivity index (χ3n) is 6.58. The minimum atomic E-state index is -0.0165. The van der Waals surface area contributed by atoms with Crippen molar-refractivity contribution in [2.24, 2.45) is 11.3 Å². The van der Waals surface area contributed by atoms with Crippen LogP contribution in [0.1, 0.15) is 47.2 Å². The zero-order valence-corrected chi connectivity index (χ0v) is 16.8. The van der Waals surface area contributed by atoms with E-state index in [9.17, 15) is 9.59 Å². The van der Waals surface area contributed by atoms with Crippen molar-refractivity contribution < 1.29 is 14.3 Å². The Kier molecular flexibility index (Phi) is 4.93. The van der Waals surface area contributed by atoms with Crippen LogP contribution in [0.4, 0.5) is 0 Å². The van der Waals surface area contributed by atoms with E-state index in [4.69, 9.17) is 16.3 Å². The normalized spacial score (nSPS) is 27.8. The number of likely N-dealkylation sites (tertiary alicyclic amines) is 1. The second-order valence-electron chi connectivity index (χ2n) is 8.41. The van der Waals surface area contributed by atoms with E-state index in [-0.39, 0.29) is 29.2 Å². The maximum atomic E-state index is 12.8. The molecule has 3 aliphatic rings. The number of carbonyl (C=O) groups is 2. The molecule has 5 nitrogen and oxygen atoms in total. The van der Waals surface area contributed by atoms with Crippen molar-refractivity contribution >= 4 is 23.4 Å². The van der Waals surface area contributed by atoms with E-state index < -0.39 is 0 Å². The molecule has 0 radical (unpaired) electrons. The first-order valence-electron chi connectivity index (χ1n) is 9.84. The molecule has 2 unspecified atom stereocenters. The number of hydrogen-bond donors (Lipinski definition) is 1. The predicted molar refractivity (Wildman–Crippen MR) is 104 cm³/mol. The second kappa shape index (κ2) is 7.10. The number of rotatable bonds is 3. The molecule has 4 rings (SSSR count). The van der Waals surface area contributed by atoms with Crippen LogP contribution in [0, 0.1) is 25.2 Å². The van der Waals surface area contributed by atoms with Gasteiger partial charge in [-0.25, -0.2) is 0 Å². The summed E-state index contributed by atoms with van der Waals surface area (Å²) in [5.41, 5.74) is 2.85. The lowest BCUT2D eigenvalue weighted by atomic mass is 10.0. The summed E-state index contributed by atoms with van der Waals surface area (Å²) in [4.78, 5) is 27.2. The summed E-state index contributed by atoms with van der Waals surface area (Å²) in [5.74, 6) is 0.272. The predicted octanol–water partition coefficient (Wildman–Crippen LogP) is 3.10. The fourth-order valence-corrected chi connectivity index (χ4v) is 4.72. The number of nitrogens with zero attached hydrogens (tertiary/aromatic N) is 1. The van der Waals surface area contributed by atoms with Crippen molar-refractivity contribution in [1.29, 1.82) is 0 Å². The van der Waals surface area contributed by atoms with Crippen LogP contribution >= 0.6 is 11.6 Å². The number of aryl methyl sites for hydroxylation is 2. The average molecular weight is 391 g/mol. The average Bonchev–Trinajstić information content (AvgIpc) is 3.15. The smallest absolute Gasteiger partial charge is 0.255 e. The van der Waals surface area contributed by atoms with Gasteiger partial charge < -0.3 is 15.0 Å². The molecular formula is C21H27ClN2O3. The van der Waals surface area contributed by atoms with E-state index in [2.05, 4.69) is 5.32 Å². The zero-order chi connectivity index (χ0) is 19.2. The summed E-state index contributed by atoms with van der Waals surface area (Å²) >= 11 is 6.30. The molecule has 2 amide bonds. The molecule has 3 fully saturated rings. The largest absolute Gasteiger partial charge is 0.381 e. The highest BCUT2D eigenvalue weighted by Gasteiger charge is 2.59. The van der Waals surface area contributed by atoms with Crippen molar-refractivity contribution in [2.75, 3.05) is 26.3 Å². The fraction of sp³-hybridized carbons (Fsp3) is 0.619. The highest BCUT2D eigenvalue weighted by atomic mass is 35.5. The molecule has 6 heteroatoms. The van der Waals surface area contributed by atoms with Gasteiger partial charge in [0.1, 0.15) is 0 Å². The number of nitrogens with one attached hydrogen (secondary N) is 1. The Morgan fingerprint density at radius 2 is 1.93 bits per heavy atom. The minimum absolute atomic E-state index is 0.0165. The van der Waals surface area contributed by atoms with E-state index in [1.165, 1.54) is 0 Å². The van der Waals surface area contributed by atoms with Crippen molar-refractivity contribution in [3.63, 3.8) is 0 Å². The first kappa shape index (κ1) is 18.8. The quantitative estimate of drug-likeness (QED) is 0.862. The maximum absolute atomic E-state index is 12.8. The molecule has 2 heterocycles. The Hall–Kier alpha value is -1.59. The number of hydrogen-bond acceptors (Lipinski definition) is 3. The number of carbonyl (C=O) groups excluding carboxylic acids is 2. The molecule has 1 saturated carbocycles. The zero-order valence-electron chi connectivity index (χ0n) is 16.0. The number of benzene rings is 1. The standard InChI is InChI=1S/C21H27ClN2O3/c1-13-9-16(18(22)10-14(13)2)20(26)24-6-3-15(4-7-24)23-19(25)17-11-21(17)5-8-27-12-21/h9-10,15,17H,3-8,11-12H2,1-2H3,(H,23,25). The Morgan fingerprint density at radius 3 is 2.59 bits per heavy atom. The van der Waals surface area contributed by atoms with Gasteiger partial charge in [0, 0.05) is 37.1 Å². The van der Waals surface area contributed by atoms with Crippen LogP contribution in [-0.2, 0) is 9.53 Å². The van der Waals surface area contributed by atoms with Crippen molar-refractivity contribution in [3.05, 3.63) is 33.8 Å². The van der Waals surface area contributed by atoms with Crippen LogP contribution in [0.5, 0.6) is 0 Å². The molecule has 1 spiro atoms. The van der Waals surface area contributed by atoms with E-state index >= 15 is 0 Å². The first-order chi connectivity index (χ1) is 12.9. The Labute approximate surface area is 165 Å². The number of halogens is 1. The molecule has 2 aliphatic heterocycles. The van der Waals surface area contributed by atoms with Gasteiger partial charge in [0.2, 0.25) is 5.91 Å². The Balaban J connectivity index is 1.31. The number of piperidine rings is 1. The van der Waals surface area contributed by atoms with E-state index in [0.717, 1.165) is 50.0 Å². The maximum Gasteiger partial charge on any atom is 0.255 e. The third kappa shape index (κ3) is 3.59. The van der Waals surface area contributed by atoms with Crippen LogP contribution in [0.3, 0.4) is 0 Å². The van der Waals surface area contributed by atoms with Gasteiger partial charge >= 0.3 is 0 Å². The lowest BCUT2D eigenvalue weighted by molar-refractivity contribution is -0.124. The van der Waals surface area contributed by atoms with Gasteiger partial charge in [0.05, 0.1) is 17.2 Å². The van der Waals surface area contributed by atoms with Crippen molar-refractivity contribution in [3.8, 4) is 0 Å². The molecule has 1 aliphatic carbocycles. The molecule has 0 aromatic heterocycles. The van der Waals surface area contributed by atoms with Gasteiger partial charge in [-0.3, -0.25) is 9.59 Å². The highest BCUT2D eigenvalue weighted by molar-refractivity contribution is 6.34. The molecule has 1 aromatic rings. The summed E-state index contributed by atoms with van der Waals surface area (Å²) in [6, 6.07) is 3.89. The Bertz CT molecular complexity index is 765. The van der Waals surface area contributed by atoms with Crippen molar-refractivity contribution in [2.45, 2.75) is 45.6 Å². The van der Waals surface area contributed by atoms with Crippen LogP contribution in [-0.4, -0.2) is 49.1 Å². The SMILES string of the molecule is Cc1cc(Cl)c(C(=O)N2CCC(NC(=O)C3CC34CCOC4)CC2)cc1C. The second-order valence-corrected chi connectivity index (χ2v) is 8.82. The number of ether oxygens (including phenoxy) is 1. The van der Waals surface area contributed by atoms with Gasteiger partial charge in [0.15, 0.2) is 0 Å². The lowest BCUT2D eigenvalue weighted by Gasteiger charge is -2.33. The van der Waals surface area contributed by atoms with E-state index in [0.29, 0.717) is 23.7 Å². The molecular weight excluding hydrogens is 364 g/mol. The van der Waals surface area contributed by atoms with Gasteiger partial charge in [-0.2, -0.15) is 0 Å². The molecule has 27 heavy (non-hydrogen) atoms. The summed E-state index contributed by atoms with van der Waals surface area (Å²) in [6.07, 6.45) is 3.54. The van der Waals surface area contributed by atoms with Gasteiger partial charge in [-0.15, -0.1) is 0 Å². The molecule has 2 atom stereocenters. The summed E-state index contributed by atoms with van der Waals surface area (Å²) in [6.45, 7) is 6.79. The topological polar surface area (TPSA) is 58.6 Å². The molecule has 2 saturated heterocycles. The van der Waals surface area contributed by atoms with Crippen LogP contribution < -0.4 is 5.32 Å². The molecule has 146 valence electrons. The lowest BCUT2D eigenvalue weighted by Crippen LogP contribution is -2.47. The molecule has 0 bridgehead atoms. The monoisotopic (exact) mass is 390 g/mol. The highest BCUT2D eigenvalue weighted by Crippen LogP contribution is 2.57. The van der Waals surface area contributed by atoms with Gasteiger partial charge in [-0.05, 0) is 62.8 Å². The molecule has 1 aromatic carbocycles.